The van der Waals surface area contributed by atoms with Crippen LogP contribution in [0.5, 0.6) is 0 Å². The van der Waals surface area contributed by atoms with Crippen LogP contribution < -0.4 is 5.32 Å². The van der Waals surface area contributed by atoms with Gasteiger partial charge in [-0.2, -0.15) is 0 Å². The summed E-state index contributed by atoms with van der Waals surface area (Å²) >= 11 is 6.13. The minimum atomic E-state index is 0.733. The normalized spacial score (nSPS) is 17.4. The van der Waals surface area contributed by atoms with Crippen LogP contribution in [-0.4, -0.2) is 23.1 Å². The molecular weight excluding hydrogens is 246 g/mol. The molecule has 1 aliphatic heterocycles. The zero-order valence-electron chi connectivity index (χ0n) is 10.4. The molecule has 1 aromatic carbocycles. The van der Waals surface area contributed by atoms with E-state index in [0.717, 1.165) is 47.3 Å². The van der Waals surface area contributed by atoms with Crippen molar-refractivity contribution >= 4 is 22.6 Å². The Balaban J connectivity index is 1.69. The van der Waals surface area contributed by atoms with Crippen LogP contribution in [0.2, 0.25) is 5.02 Å². The van der Waals surface area contributed by atoms with E-state index >= 15 is 0 Å². The van der Waals surface area contributed by atoms with Gasteiger partial charge in [-0.3, -0.25) is 0 Å². The Kier molecular flexibility index (Phi) is 3.52. The molecule has 1 fully saturated rings. The van der Waals surface area contributed by atoms with Crippen LogP contribution in [0.15, 0.2) is 18.2 Å². The Morgan fingerprint density at radius 3 is 2.89 bits per heavy atom. The fraction of sp³-hybridized carbons (Fsp3) is 0.500. The van der Waals surface area contributed by atoms with Crippen molar-refractivity contribution < 1.29 is 0 Å². The summed E-state index contributed by atoms with van der Waals surface area (Å²) in [7, 11) is 0. The molecule has 0 spiro atoms. The molecule has 3 nitrogen and oxygen atoms in total. The van der Waals surface area contributed by atoms with E-state index in [4.69, 9.17) is 11.6 Å². The van der Waals surface area contributed by atoms with Crippen LogP contribution in [0.3, 0.4) is 0 Å². The van der Waals surface area contributed by atoms with Gasteiger partial charge in [-0.25, -0.2) is 4.98 Å². The average Bonchev–Trinajstić information content (AvgIpc) is 2.82. The van der Waals surface area contributed by atoms with E-state index in [-0.39, 0.29) is 0 Å². The van der Waals surface area contributed by atoms with Gasteiger partial charge in [0.2, 0.25) is 0 Å². The van der Waals surface area contributed by atoms with Crippen LogP contribution in [0.25, 0.3) is 11.0 Å². The van der Waals surface area contributed by atoms with Crippen molar-refractivity contribution in [2.45, 2.75) is 25.7 Å². The number of aromatic amines is 1. The molecule has 3 rings (SSSR count). The number of benzene rings is 1. The number of imidazole rings is 1. The van der Waals surface area contributed by atoms with E-state index in [1.165, 1.54) is 19.3 Å². The third kappa shape index (κ3) is 2.52. The molecular formula is C14H18ClN3. The molecule has 0 radical (unpaired) electrons. The van der Waals surface area contributed by atoms with E-state index in [1.54, 1.807) is 0 Å². The number of piperidine rings is 1. The summed E-state index contributed by atoms with van der Waals surface area (Å²) in [6.45, 7) is 2.33. The Labute approximate surface area is 112 Å². The number of nitrogens with zero attached hydrogens (tertiary/aromatic N) is 1. The topological polar surface area (TPSA) is 40.7 Å². The van der Waals surface area contributed by atoms with Gasteiger partial charge < -0.3 is 10.3 Å². The van der Waals surface area contributed by atoms with E-state index < -0.39 is 0 Å². The summed E-state index contributed by atoms with van der Waals surface area (Å²) in [5.74, 6) is 1.91. The Hall–Kier alpha value is -1.06. The molecule has 0 amide bonds. The molecule has 1 saturated heterocycles. The van der Waals surface area contributed by atoms with Crippen molar-refractivity contribution in [3.05, 3.63) is 29.0 Å². The summed E-state index contributed by atoms with van der Waals surface area (Å²) in [5.41, 5.74) is 1.95. The maximum atomic E-state index is 6.13. The van der Waals surface area contributed by atoms with Gasteiger partial charge in [-0.1, -0.05) is 17.7 Å². The Morgan fingerprint density at radius 2 is 2.11 bits per heavy atom. The maximum absolute atomic E-state index is 6.13. The van der Waals surface area contributed by atoms with Crippen molar-refractivity contribution in [1.82, 2.24) is 15.3 Å². The van der Waals surface area contributed by atoms with Gasteiger partial charge in [0.15, 0.2) is 0 Å². The minimum Gasteiger partial charge on any atom is -0.342 e. The lowest BCUT2D eigenvalue weighted by Crippen LogP contribution is -2.27. The number of aryl methyl sites for hydroxylation is 1. The third-order valence-corrected chi connectivity index (χ3v) is 4.07. The maximum Gasteiger partial charge on any atom is 0.107 e. The Bertz CT molecular complexity index is 529. The summed E-state index contributed by atoms with van der Waals surface area (Å²) < 4.78 is 0. The summed E-state index contributed by atoms with van der Waals surface area (Å²) in [4.78, 5) is 7.96. The highest BCUT2D eigenvalue weighted by atomic mass is 35.5. The highest BCUT2D eigenvalue weighted by Gasteiger charge is 2.14. The summed E-state index contributed by atoms with van der Waals surface area (Å²) in [6.07, 6.45) is 4.83. The first-order valence-corrected chi connectivity index (χ1v) is 7.04. The quantitative estimate of drug-likeness (QED) is 0.893. The molecule has 0 saturated carbocycles. The number of H-pyrrole nitrogens is 1. The number of aromatic nitrogens is 2. The van der Waals surface area contributed by atoms with Crippen LogP contribution in [-0.2, 0) is 6.42 Å². The minimum absolute atomic E-state index is 0.733. The lowest BCUT2D eigenvalue weighted by Gasteiger charge is -2.21. The van der Waals surface area contributed by atoms with Gasteiger partial charge in [-0.05, 0) is 50.4 Å². The van der Waals surface area contributed by atoms with E-state index in [2.05, 4.69) is 15.3 Å². The number of nitrogens with one attached hydrogen (secondary N) is 2. The second-order valence-corrected chi connectivity index (χ2v) is 5.46. The number of fused-ring (bicyclic) bond motifs is 1. The zero-order chi connectivity index (χ0) is 12.4. The van der Waals surface area contributed by atoms with Gasteiger partial charge in [0.1, 0.15) is 11.3 Å². The van der Waals surface area contributed by atoms with E-state index in [1.807, 2.05) is 18.2 Å². The van der Waals surface area contributed by atoms with E-state index in [0.29, 0.717) is 0 Å². The number of hydrogen-bond acceptors (Lipinski definition) is 2. The largest absolute Gasteiger partial charge is 0.342 e. The molecule has 0 bridgehead atoms. The smallest absolute Gasteiger partial charge is 0.107 e. The molecule has 0 atom stereocenters. The second kappa shape index (κ2) is 5.29. The number of halogens is 1. The van der Waals surface area contributed by atoms with Crippen LogP contribution in [0.1, 0.15) is 25.1 Å². The zero-order valence-corrected chi connectivity index (χ0v) is 11.1. The average molecular weight is 264 g/mol. The molecule has 0 aliphatic carbocycles. The molecule has 2 aromatic rings. The molecule has 96 valence electrons. The second-order valence-electron chi connectivity index (χ2n) is 5.05. The highest BCUT2D eigenvalue weighted by molar-refractivity contribution is 6.34. The van der Waals surface area contributed by atoms with Crippen molar-refractivity contribution in [3.8, 4) is 0 Å². The Morgan fingerprint density at radius 1 is 1.28 bits per heavy atom. The first kappa shape index (κ1) is 12.0. The van der Waals surface area contributed by atoms with Crippen LogP contribution in [0.4, 0.5) is 0 Å². The molecule has 18 heavy (non-hydrogen) atoms. The standard InChI is InChI=1S/C14H18ClN3/c15-11-2-1-3-12-14(11)18-13(17-12)5-4-10-6-8-16-9-7-10/h1-3,10,16H,4-9H2,(H,17,18). The lowest BCUT2D eigenvalue weighted by atomic mass is 9.93. The lowest BCUT2D eigenvalue weighted by molar-refractivity contribution is 0.352. The first-order valence-electron chi connectivity index (χ1n) is 6.67. The van der Waals surface area contributed by atoms with Gasteiger partial charge in [0, 0.05) is 6.42 Å². The van der Waals surface area contributed by atoms with Gasteiger partial charge >= 0.3 is 0 Å². The molecule has 0 unspecified atom stereocenters. The molecule has 2 N–H and O–H groups in total. The molecule has 2 heterocycles. The van der Waals surface area contributed by atoms with E-state index in [9.17, 15) is 0 Å². The van der Waals surface area contributed by atoms with Crippen LogP contribution >= 0.6 is 11.6 Å². The number of rotatable bonds is 3. The fourth-order valence-corrected chi connectivity index (χ4v) is 2.89. The van der Waals surface area contributed by atoms with Gasteiger partial charge in [0.05, 0.1) is 10.5 Å². The van der Waals surface area contributed by atoms with Crippen LogP contribution in [0, 0.1) is 5.92 Å². The first-order chi connectivity index (χ1) is 8.83. The van der Waals surface area contributed by atoms with Crippen molar-refractivity contribution in [3.63, 3.8) is 0 Å². The molecule has 4 heteroatoms. The highest BCUT2D eigenvalue weighted by Crippen LogP contribution is 2.23. The number of para-hydroxylation sites is 1. The molecule has 1 aliphatic rings. The van der Waals surface area contributed by atoms with Gasteiger partial charge in [0.25, 0.3) is 0 Å². The van der Waals surface area contributed by atoms with Gasteiger partial charge in [-0.15, -0.1) is 0 Å². The SMILES string of the molecule is Clc1cccc2[nH]c(CCC3CCNCC3)nc12. The van der Waals surface area contributed by atoms with Crippen molar-refractivity contribution in [2.24, 2.45) is 5.92 Å². The van der Waals surface area contributed by atoms with Crippen molar-refractivity contribution in [2.75, 3.05) is 13.1 Å². The van der Waals surface area contributed by atoms with Crippen molar-refractivity contribution in [1.29, 1.82) is 0 Å². The monoisotopic (exact) mass is 263 g/mol. The predicted octanol–water partition coefficient (Wildman–Crippen LogP) is 3.15. The predicted molar refractivity (Wildman–Crippen MR) is 75.0 cm³/mol. The summed E-state index contributed by atoms with van der Waals surface area (Å²) in [6, 6.07) is 5.88. The number of hydrogen-bond donors (Lipinski definition) is 2. The fourth-order valence-electron chi connectivity index (χ4n) is 2.68. The molecule has 1 aromatic heterocycles. The third-order valence-electron chi connectivity index (χ3n) is 3.76. The summed E-state index contributed by atoms with van der Waals surface area (Å²) in [5, 5.41) is 4.13.